The lowest BCUT2D eigenvalue weighted by molar-refractivity contribution is -0.122. The first-order chi connectivity index (χ1) is 16.9. The van der Waals surface area contributed by atoms with Crippen LogP contribution in [0.4, 0.5) is 0 Å². The van der Waals surface area contributed by atoms with Crippen molar-refractivity contribution in [1.82, 2.24) is 14.8 Å². The molecule has 35 heavy (non-hydrogen) atoms. The second kappa shape index (κ2) is 12.4. The first-order valence-corrected chi connectivity index (χ1v) is 12.3. The van der Waals surface area contributed by atoms with Crippen LogP contribution in [-0.2, 0) is 11.3 Å². The molecule has 188 valence electrons. The number of aromatic nitrogens is 1. The molecule has 0 atom stereocenters. The lowest BCUT2D eigenvalue weighted by Gasteiger charge is -2.18. The summed E-state index contributed by atoms with van der Waals surface area (Å²) in [6.07, 6.45) is 0.911. The van der Waals surface area contributed by atoms with E-state index in [1.54, 1.807) is 13.2 Å². The molecule has 0 unspecified atom stereocenters. The van der Waals surface area contributed by atoms with Gasteiger partial charge in [-0.2, -0.15) is 0 Å². The molecule has 0 radical (unpaired) electrons. The molecule has 0 spiro atoms. The summed E-state index contributed by atoms with van der Waals surface area (Å²) >= 11 is 0. The number of pyridine rings is 1. The summed E-state index contributed by atoms with van der Waals surface area (Å²) in [4.78, 5) is 28.6. The number of methoxy groups -OCH3 is 1. The van der Waals surface area contributed by atoms with Crippen LogP contribution < -0.4 is 20.3 Å². The predicted octanol–water partition coefficient (Wildman–Crippen LogP) is 4.31. The van der Waals surface area contributed by atoms with E-state index in [2.05, 4.69) is 24.1 Å². The van der Waals surface area contributed by atoms with E-state index in [1.165, 1.54) is 4.57 Å². The Hall–Kier alpha value is -3.32. The van der Waals surface area contributed by atoms with Gasteiger partial charge in [0, 0.05) is 18.2 Å². The lowest BCUT2D eigenvalue weighted by Crippen LogP contribution is -2.36. The minimum Gasteiger partial charge on any atom is -0.497 e. The van der Waals surface area contributed by atoms with Gasteiger partial charge in [-0.3, -0.25) is 14.2 Å². The smallest absolute Gasteiger partial charge is 0.259 e. The molecule has 7 heteroatoms. The molecule has 0 saturated heterocycles. The number of hydrogen-bond acceptors (Lipinski definition) is 5. The van der Waals surface area contributed by atoms with Crippen LogP contribution in [0.5, 0.6) is 11.5 Å². The predicted molar refractivity (Wildman–Crippen MR) is 141 cm³/mol. The zero-order valence-electron chi connectivity index (χ0n) is 21.5. The van der Waals surface area contributed by atoms with Crippen molar-refractivity contribution in [3.05, 3.63) is 58.9 Å². The van der Waals surface area contributed by atoms with E-state index in [1.807, 2.05) is 56.3 Å². The van der Waals surface area contributed by atoms with E-state index in [-0.39, 0.29) is 24.1 Å². The van der Waals surface area contributed by atoms with Gasteiger partial charge in [0.1, 0.15) is 18.0 Å². The third-order valence-electron chi connectivity index (χ3n) is 5.98. The fourth-order valence-electron chi connectivity index (χ4n) is 4.12. The number of rotatable bonds is 12. The van der Waals surface area contributed by atoms with Gasteiger partial charge >= 0.3 is 0 Å². The summed E-state index contributed by atoms with van der Waals surface area (Å²) in [6, 6.07) is 15.0. The Morgan fingerprint density at radius 3 is 2.51 bits per heavy atom. The van der Waals surface area contributed by atoms with Crippen LogP contribution in [0.25, 0.3) is 22.0 Å². The normalized spacial score (nSPS) is 11.3. The lowest BCUT2D eigenvalue weighted by atomic mass is 10.1. The van der Waals surface area contributed by atoms with Gasteiger partial charge in [0.15, 0.2) is 0 Å². The van der Waals surface area contributed by atoms with E-state index in [9.17, 15) is 9.59 Å². The van der Waals surface area contributed by atoms with Crippen molar-refractivity contribution < 1.29 is 14.3 Å². The van der Waals surface area contributed by atoms with Crippen molar-refractivity contribution in [2.24, 2.45) is 0 Å². The molecular weight excluding hydrogens is 442 g/mol. The van der Waals surface area contributed by atoms with Gasteiger partial charge in [0.2, 0.25) is 5.91 Å². The summed E-state index contributed by atoms with van der Waals surface area (Å²) in [5, 5.41) is 4.20. The fourth-order valence-corrected chi connectivity index (χ4v) is 4.12. The molecule has 7 nitrogen and oxygen atoms in total. The highest BCUT2D eigenvalue weighted by atomic mass is 16.5. The van der Waals surface area contributed by atoms with Crippen LogP contribution in [0.3, 0.4) is 0 Å². The first kappa shape index (κ1) is 26.3. The Morgan fingerprint density at radius 2 is 1.83 bits per heavy atom. The summed E-state index contributed by atoms with van der Waals surface area (Å²) < 4.78 is 12.9. The highest BCUT2D eigenvalue weighted by molar-refractivity contribution is 5.87. The maximum atomic E-state index is 13.6. The Labute approximate surface area is 207 Å². The third kappa shape index (κ3) is 6.85. The average Bonchev–Trinajstić information content (AvgIpc) is 2.85. The van der Waals surface area contributed by atoms with Crippen LogP contribution in [0.2, 0.25) is 0 Å². The Morgan fingerprint density at radius 1 is 1.06 bits per heavy atom. The van der Waals surface area contributed by atoms with Crippen molar-refractivity contribution in [3.63, 3.8) is 0 Å². The minimum absolute atomic E-state index is 0.0183. The van der Waals surface area contributed by atoms with Gasteiger partial charge in [-0.15, -0.1) is 0 Å². The Bertz CT molecular complexity index is 1200. The van der Waals surface area contributed by atoms with Crippen molar-refractivity contribution in [2.45, 2.75) is 46.7 Å². The molecule has 1 amide bonds. The molecule has 1 heterocycles. The van der Waals surface area contributed by atoms with Crippen LogP contribution in [0.15, 0.2) is 53.3 Å². The monoisotopic (exact) mass is 479 g/mol. The number of amides is 1. The molecule has 3 rings (SSSR count). The number of nitrogens with zero attached hydrogens (tertiary/aromatic N) is 2. The van der Waals surface area contributed by atoms with Crippen LogP contribution in [0, 0.1) is 0 Å². The average molecular weight is 480 g/mol. The van der Waals surface area contributed by atoms with Gasteiger partial charge in [-0.1, -0.05) is 32.0 Å². The molecule has 3 aromatic rings. The van der Waals surface area contributed by atoms with E-state index in [0.717, 1.165) is 37.0 Å². The van der Waals surface area contributed by atoms with Gasteiger partial charge in [0.05, 0.1) is 24.8 Å². The molecule has 2 aromatic carbocycles. The molecule has 0 aliphatic heterocycles. The standard InChI is InChI=1S/C28H37N3O4/c1-6-30(7-2)14-9-15-35-24-13-12-21-17-26(22-10-8-11-23(16-22)34-5)31(28(33)25(21)18-24)19-27(32)29-20(3)4/h8,10-13,16-18,20H,6-7,9,14-15,19H2,1-5H3,(H,29,32). The largest absolute Gasteiger partial charge is 0.497 e. The van der Waals surface area contributed by atoms with Gasteiger partial charge in [-0.05, 0) is 69.1 Å². The van der Waals surface area contributed by atoms with Gasteiger partial charge in [0.25, 0.3) is 5.56 Å². The molecule has 0 fully saturated rings. The van der Waals surface area contributed by atoms with Crippen molar-refractivity contribution in [2.75, 3.05) is 33.4 Å². The van der Waals surface area contributed by atoms with E-state index >= 15 is 0 Å². The Kier molecular flexibility index (Phi) is 9.32. The van der Waals surface area contributed by atoms with E-state index in [4.69, 9.17) is 9.47 Å². The zero-order valence-corrected chi connectivity index (χ0v) is 21.5. The van der Waals surface area contributed by atoms with Crippen LogP contribution in [-0.4, -0.2) is 54.8 Å². The van der Waals surface area contributed by atoms with Gasteiger partial charge in [-0.25, -0.2) is 0 Å². The summed E-state index contributed by atoms with van der Waals surface area (Å²) in [6.45, 7) is 11.6. The molecule has 0 saturated carbocycles. The molecule has 0 bridgehead atoms. The summed E-state index contributed by atoms with van der Waals surface area (Å²) in [5.41, 5.74) is 1.23. The number of ether oxygens (including phenoxy) is 2. The van der Waals surface area contributed by atoms with Crippen molar-refractivity contribution >= 4 is 16.7 Å². The van der Waals surface area contributed by atoms with Crippen LogP contribution >= 0.6 is 0 Å². The second-order valence-corrected chi connectivity index (χ2v) is 8.85. The molecule has 1 aromatic heterocycles. The number of carbonyl (C=O) groups is 1. The van der Waals surface area contributed by atoms with E-state index < -0.39 is 0 Å². The maximum Gasteiger partial charge on any atom is 0.259 e. The first-order valence-electron chi connectivity index (χ1n) is 12.3. The number of carbonyl (C=O) groups excluding carboxylic acids is 1. The van der Waals surface area contributed by atoms with E-state index in [0.29, 0.717) is 29.2 Å². The highest BCUT2D eigenvalue weighted by Gasteiger charge is 2.16. The molecule has 1 N–H and O–H groups in total. The number of nitrogens with one attached hydrogen (secondary N) is 1. The number of hydrogen-bond donors (Lipinski definition) is 1. The molecule has 0 aliphatic carbocycles. The summed E-state index contributed by atoms with van der Waals surface area (Å²) in [7, 11) is 1.60. The van der Waals surface area contributed by atoms with Gasteiger partial charge < -0.3 is 19.7 Å². The minimum atomic E-state index is -0.229. The zero-order chi connectivity index (χ0) is 25.4. The van der Waals surface area contributed by atoms with Crippen molar-refractivity contribution in [3.8, 4) is 22.8 Å². The third-order valence-corrected chi connectivity index (χ3v) is 5.98. The van der Waals surface area contributed by atoms with Crippen molar-refractivity contribution in [1.29, 1.82) is 0 Å². The maximum absolute atomic E-state index is 13.6. The number of benzene rings is 2. The number of fused-ring (bicyclic) bond motifs is 1. The fraction of sp³-hybridized carbons (Fsp3) is 0.429. The molecular formula is C28H37N3O4. The topological polar surface area (TPSA) is 72.8 Å². The summed E-state index contributed by atoms with van der Waals surface area (Å²) in [5.74, 6) is 1.12. The SMILES string of the molecule is CCN(CC)CCCOc1ccc2cc(-c3cccc(OC)c3)n(CC(=O)NC(C)C)c(=O)c2c1. The van der Waals surface area contributed by atoms with Crippen LogP contribution in [0.1, 0.15) is 34.1 Å². The second-order valence-electron chi connectivity index (χ2n) is 8.85. The molecule has 0 aliphatic rings. The highest BCUT2D eigenvalue weighted by Crippen LogP contribution is 2.27. The Balaban J connectivity index is 1.97. The quantitative estimate of drug-likeness (QED) is 0.392.